The molecule has 1 radical (unpaired) electrons. The summed E-state index contributed by atoms with van der Waals surface area (Å²) in [5.74, 6) is -1.67. The fraction of sp³-hybridized carbons (Fsp3) is 0.500. The Morgan fingerprint density at radius 1 is 1.00 bits per heavy atom. The van der Waals surface area contributed by atoms with Gasteiger partial charge in [-0.1, -0.05) is 0 Å². The van der Waals surface area contributed by atoms with Crippen molar-refractivity contribution in [3.05, 3.63) is 0 Å². The third kappa shape index (κ3) is 496. The molecule has 0 aliphatic heterocycles. The van der Waals surface area contributed by atoms with Gasteiger partial charge in [0.25, 0.3) is 11.9 Å². The van der Waals surface area contributed by atoms with Gasteiger partial charge in [0.05, 0.1) is 0 Å². The summed E-state index contributed by atoms with van der Waals surface area (Å²) < 4.78 is 0. The van der Waals surface area contributed by atoms with E-state index in [1.165, 1.54) is 0 Å². The number of carbonyl (C=O) groups is 2. The topological polar surface area (TPSA) is 74.6 Å². The van der Waals surface area contributed by atoms with Gasteiger partial charge in [-0.15, -0.1) is 0 Å². The first-order valence-corrected chi connectivity index (χ1v) is 1.86. The first kappa shape index (κ1) is 22.5. The molecule has 4 nitrogen and oxygen atoms in total. The number of carboxylic acids is 2. The average Bonchev–Trinajstić information content (AvgIpc) is 1.25. The van der Waals surface area contributed by atoms with E-state index in [9.17, 15) is 0 Å². The van der Waals surface area contributed by atoms with Crippen molar-refractivity contribution >= 4 is 63.3 Å². The Morgan fingerprint density at radius 2 is 1.00 bits per heavy atom. The van der Waals surface area contributed by atoms with E-state index in [1.54, 1.807) is 0 Å². The summed E-state index contributed by atoms with van der Waals surface area (Å²) in [6.07, 6.45) is 0. The van der Waals surface area contributed by atoms with Crippen LogP contribution in [-0.4, -0.2) is 73.5 Å². The standard InChI is InChI=1S/2C2H4O2.Cu.K.H/c2*1-2(3)4;;;/h2*1H3,(H,3,4);;;. The van der Waals surface area contributed by atoms with Crippen LogP contribution in [0.1, 0.15) is 13.8 Å². The number of rotatable bonds is 0. The molecule has 0 bridgehead atoms. The summed E-state index contributed by atoms with van der Waals surface area (Å²) in [6.45, 7) is 2.17. The van der Waals surface area contributed by atoms with Gasteiger partial charge in [-0.3, -0.25) is 9.59 Å². The molecule has 0 aromatic rings. The Bertz CT molecular complexity index is 75.3. The van der Waals surface area contributed by atoms with Gasteiger partial charge in [0, 0.05) is 30.9 Å². The van der Waals surface area contributed by atoms with E-state index in [-0.39, 0.29) is 68.5 Å². The Balaban J connectivity index is -0.0000000300. The first-order valence-electron chi connectivity index (χ1n) is 1.86. The van der Waals surface area contributed by atoms with Crippen LogP contribution in [0.4, 0.5) is 0 Å². The zero-order valence-corrected chi connectivity index (χ0v) is 5.95. The molecule has 0 aliphatic rings. The Morgan fingerprint density at radius 3 is 1.00 bits per heavy atom. The van der Waals surface area contributed by atoms with Gasteiger partial charge in [-0.25, -0.2) is 0 Å². The predicted molar refractivity (Wildman–Crippen MR) is 33.8 cm³/mol. The molecule has 0 atom stereocenters. The fourth-order valence-corrected chi connectivity index (χ4v) is 0. The summed E-state index contributed by atoms with van der Waals surface area (Å²) in [5.41, 5.74) is 0. The van der Waals surface area contributed by atoms with Crippen LogP contribution in [-0.2, 0) is 26.7 Å². The minimum absolute atomic E-state index is 0. The second kappa shape index (κ2) is 16.6. The normalized spacial score (nSPS) is 5.00. The molecule has 10 heavy (non-hydrogen) atoms. The van der Waals surface area contributed by atoms with Gasteiger partial charge in [0.1, 0.15) is 0 Å². The summed E-state index contributed by atoms with van der Waals surface area (Å²) in [7, 11) is 0. The van der Waals surface area contributed by atoms with Crippen molar-refractivity contribution in [3.8, 4) is 0 Å². The van der Waals surface area contributed by atoms with E-state index < -0.39 is 11.9 Å². The van der Waals surface area contributed by atoms with E-state index in [0.29, 0.717) is 0 Å². The maximum absolute atomic E-state index is 9.00. The Hall–Kier alpha value is 1.10. The van der Waals surface area contributed by atoms with E-state index in [0.717, 1.165) is 13.8 Å². The summed E-state index contributed by atoms with van der Waals surface area (Å²) >= 11 is 0. The Labute approximate surface area is 112 Å². The zero-order chi connectivity index (χ0) is 7.15. The number of aliphatic carboxylic acids is 2. The van der Waals surface area contributed by atoms with Crippen molar-refractivity contribution in [2.75, 3.05) is 0 Å². The molecule has 0 rings (SSSR count). The van der Waals surface area contributed by atoms with Crippen LogP contribution in [0.25, 0.3) is 0 Å². The van der Waals surface area contributed by atoms with Gasteiger partial charge in [0.15, 0.2) is 0 Å². The van der Waals surface area contributed by atoms with Gasteiger partial charge >= 0.3 is 51.4 Å². The molecule has 0 saturated heterocycles. The molecule has 0 aromatic carbocycles. The molecule has 0 heterocycles. The van der Waals surface area contributed by atoms with Gasteiger partial charge < -0.3 is 10.2 Å². The molecule has 2 N–H and O–H groups in total. The third-order valence-corrected chi connectivity index (χ3v) is 0. The van der Waals surface area contributed by atoms with E-state index >= 15 is 0 Å². The summed E-state index contributed by atoms with van der Waals surface area (Å²) in [6, 6.07) is 0. The van der Waals surface area contributed by atoms with Gasteiger partial charge in [-0.05, 0) is 0 Å². The van der Waals surface area contributed by atoms with Crippen molar-refractivity contribution in [2.45, 2.75) is 13.8 Å². The molecule has 6 heteroatoms. The molecular formula is C4H9CuKO4. The summed E-state index contributed by atoms with van der Waals surface area (Å²) in [5, 5.41) is 14.8. The van der Waals surface area contributed by atoms with Crippen molar-refractivity contribution in [3.63, 3.8) is 0 Å². The van der Waals surface area contributed by atoms with Crippen molar-refractivity contribution in [2.24, 2.45) is 0 Å². The molecule has 61 valence electrons. The second-order valence-corrected chi connectivity index (χ2v) is 1.04. The van der Waals surface area contributed by atoms with Crippen molar-refractivity contribution < 1.29 is 36.9 Å². The van der Waals surface area contributed by atoms with Crippen LogP contribution < -0.4 is 0 Å². The quantitative estimate of drug-likeness (QED) is 0.545. The van der Waals surface area contributed by atoms with Crippen LogP contribution >= 0.6 is 0 Å². The van der Waals surface area contributed by atoms with E-state index in [1.807, 2.05) is 0 Å². The SMILES string of the molecule is CC(=O)O.CC(=O)O.[Cu].[KH]. The molecule has 0 spiro atoms. The molecule has 0 fully saturated rings. The number of hydrogen-bond acceptors (Lipinski definition) is 2. The maximum atomic E-state index is 9.00. The van der Waals surface area contributed by atoms with Crippen LogP contribution in [0.3, 0.4) is 0 Å². The second-order valence-electron chi connectivity index (χ2n) is 1.04. The number of hydrogen-bond donors (Lipinski definition) is 2. The zero-order valence-electron chi connectivity index (χ0n) is 5.01. The van der Waals surface area contributed by atoms with E-state index in [2.05, 4.69) is 0 Å². The molecule has 0 unspecified atom stereocenters. The van der Waals surface area contributed by atoms with Gasteiger partial charge in [0.2, 0.25) is 0 Å². The molecule has 0 amide bonds. The predicted octanol–water partition coefficient (Wildman–Crippen LogP) is -0.469. The van der Waals surface area contributed by atoms with E-state index in [4.69, 9.17) is 19.8 Å². The minimum atomic E-state index is -0.833. The third-order valence-electron chi connectivity index (χ3n) is 0. The van der Waals surface area contributed by atoms with Crippen LogP contribution in [0.5, 0.6) is 0 Å². The monoisotopic (exact) mass is 223 g/mol. The van der Waals surface area contributed by atoms with Crippen LogP contribution in [0.15, 0.2) is 0 Å². The molecule has 0 aliphatic carbocycles. The molecule has 0 aromatic heterocycles. The first-order chi connectivity index (χ1) is 3.46. The summed E-state index contributed by atoms with van der Waals surface area (Å²) in [4.78, 5) is 18.0. The van der Waals surface area contributed by atoms with Crippen LogP contribution in [0, 0.1) is 0 Å². The molecular weight excluding hydrogens is 215 g/mol. The van der Waals surface area contributed by atoms with Crippen LogP contribution in [0.2, 0.25) is 0 Å². The average molecular weight is 224 g/mol. The fourth-order valence-electron chi connectivity index (χ4n) is 0. The molecule has 0 saturated carbocycles. The van der Waals surface area contributed by atoms with Crippen molar-refractivity contribution in [1.29, 1.82) is 0 Å². The van der Waals surface area contributed by atoms with Gasteiger partial charge in [-0.2, -0.15) is 0 Å². The number of carboxylic acid groups (broad SMARTS) is 2. The Kier molecular flexibility index (Phi) is 37.3. The van der Waals surface area contributed by atoms with Crippen molar-refractivity contribution in [1.82, 2.24) is 0 Å².